The molecule has 0 radical (unpaired) electrons. The number of aryl methyl sites for hydroxylation is 2. The molecule has 0 fully saturated rings. The Morgan fingerprint density at radius 3 is 2.50 bits per heavy atom. The van der Waals surface area contributed by atoms with E-state index in [0.29, 0.717) is 40.4 Å². The van der Waals surface area contributed by atoms with Crippen molar-refractivity contribution >= 4 is 42.6 Å². The lowest BCUT2D eigenvalue weighted by molar-refractivity contribution is 0.0798. The molecule has 2 N–H and O–H groups in total. The van der Waals surface area contributed by atoms with Crippen LogP contribution in [0.3, 0.4) is 0 Å². The highest BCUT2D eigenvalue weighted by Crippen LogP contribution is 2.45. The molecule has 11 heteroatoms. The lowest BCUT2D eigenvalue weighted by Crippen LogP contribution is -2.42. The van der Waals surface area contributed by atoms with Gasteiger partial charge in [-0.25, -0.2) is 19.9 Å². The third-order valence-electron chi connectivity index (χ3n) is 6.72. The highest BCUT2D eigenvalue weighted by atomic mass is 32.1. The van der Waals surface area contributed by atoms with Crippen molar-refractivity contribution in [2.24, 2.45) is 0 Å². The number of carbonyl (C=O) groups excluding carboxylic acids is 2. The van der Waals surface area contributed by atoms with Crippen LogP contribution in [0.2, 0.25) is 25.7 Å². The molecule has 0 atom stereocenters. The van der Waals surface area contributed by atoms with Gasteiger partial charge in [0.2, 0.25) is 0 Å². The first-order valence-electron chi connectivity index (χ1n) is 13.2. The van der Waals surface area contributed by atoms with Gasteiger partial charge in [-0.2, -0.15) is 5.10 Å². The van der Waals surface area contributed by atoms with Crippen molar-refractivity contribution in [3.63, 3.8) is 0 Å². The van der Waals surface area contributed by atoms with Crippen LogP contribution in [0.25, 0.3) is 21.8 Å². The maximum atomic E-state index is 14.0. The number of anilines is 2. The summed E-state index contributed by atoms with van der Waals surface area (Å²) in [4.78, 5) is 32.4. The van der Waals surface area contributed by atoms with Gasteiger partial charge in [0, 0.05) is 27.3 Å². The summed E-state index contributed by atoms with van der Waals surface area (Å²) in [5.41, 5.74) is 7.85. The van der Waals surface area contributed by atoms with E-state index in [9.17, 15) is 9.59 Å². The molecule has 2 aromatic carbocycles. The van der Waals surface area contributed by atoms with Crippen LogP contribution >= 0.6 is 11.3 Å². The maximum Gasteiger partial charge on any atom is 0.338 e. The first kappa shape index (κ1) is 27.8. The molecule has 2 aromatic heterocycles. The molecule has 0 aliphatic heterocycles. The number of hydrogen-bond acceptors (Lipinski definition) is 7. The molecule has 5 rings (SSSR count). The second-order valence-electron chi connectivity index (χ2n) is 11.1. The molecule has 0 unspecified atom stereocenters. The number of rotatable bonds is 9. The smallest absolute Gasteiger partial charge is 0.338 e. The van der Waals surface area contributed by atoms with E-state index in [1.165, 1.54) is 11.3 Å². The van der Waals surface area contributed by atoms with Crippen LogP contribution < -0.4 is 15.8 Å². The van der Waals surface area contributed by atoms with E-state index in [1.54, 1.807) is 22.8 Å². The number of thiazole rings is 1. The topological polar surface area (TPSA) is 101 Å². The van der Waals surface area contributed by atoms with Crippen LogP contribution in [-0.4, -0.2) is 48.3 Å². The largest absolute Gasteiger partial charge is 0.360 e. The lowest BCUT2D eigenvalue weighted by atomic mass is 10.1. The molecule has 0 spiro atoms. The number of hydrogen-bond donors (Lipinski definition) is 2. The zero-order chi connectivity index (χ0) is 28.6. The molecule has 0 saturated heterocycles. The van der Waals surface area contributed by atoms with Crippen molar-refractivity contribution in [3.8, 4) is 21.8 Å². The number of ether oxygens (including phenoxy) is 1. The van der Waals surface area contributed by atoms with Crippen molar-refractivity contribution in [1.29, 1.82) is 0 Å². The minimum atomic E-state index is -1.25. The summed E-state index contributed by atoms with van der Waals surface area (Å²) in [5, 5.41) is 10.3. The van der Waals surface area contributed by atoms with Crippen LogP contribution in [0.4, 0.5) is 16.2 Å². The van der Waals surface area contributed by atoms with Gasteiger partial charge in [0.25, 0.3) is 0 Å². The van der Waals surface area contributed by atoms with Crippen LogP contribution in [0.15, 0.2) is 48.5 Å². The van der Waals surface area contributed by atoms with Gasteiger partial charge in [-0.1, -0.05) is 50.0 Å². The molecule has 2 heterocycles. The number of benzene rings is 2. The average molecular weight is 575 g/mol. The molecule has 40 heavy (non-hydrogen) atoms. The highest BCUT2D eigenvalue weighted by Gasteiger charge is 2.38. The Morgan fingerprint density at radius 2 is 1.82 bits per heavy atom. The van der Waals surface area contributed by atoms with Gasteiger partial charge >= 0.3 is 6.03 Å². The van der Waals surface area contributed by atoms with Gasteiger partial charge in [0.15, 0.2) is 5.78 Å². The van der Waals surface area contributed by atoms with Crippen molar-refractivity contribution in [1.82, 2.24) is 20.2 Å². The molecular weight excluding hydrogens is 541 g/mol. The minimum absolute atomic E-state index is 0.175. The van der Waals surface area contributed by atoms with Crippen molar-refractivity contribution < 1.29 is 14.3 Å². The van der Waals surface area contributed by atoms with E-state index in [2.05, 4.69) is 35.4 Å². The van der Waals surface area contributed by atoms with Gasteiger partial charge in [-0.05, 0) is 38.1 Å². The summed E-state index contributed by atoms with van der Waals surface area (Å²) in [6.45, 7) is 11.7. The molecule has 1 aliphatic carbocycles. The molecule has 9 nitrogen and oxygen atoms in total. The number of aromatic nitrogens is 3. The zero-order valence-electron chi connectivity index (χ0n) is 23.7. The van der Waals surface area contributed by atoms with E-state index in [-0.39, 0.29) is 12.5 Å². The summed E-state index contributed by atoms with van der Waals surface area (Å²) in [6, 6.07) is 15.5. The quantitative estimate of drug-likeness (QED) is 0.121. The monoisotopic (exact) mass is 574 g/mol. The fraction of sp³-hybridized carbons (Fsp3) is 0.310. The molecular formula is C29H34N6O3SSi. The number of fused-ring (bicyclic) bond motifs is 3. The number of amides is 2. The number of hydrazine groups is 1. The fourth-order valence-corrected chi connectivity index (χ4v) is 6.44. The van der Waals surface area contributed by atoms with E-state index in [0.717, 1.165) is 27.3 Å². The second kappa shape index (κ2) is 11.0. The maximum absolute atomic E-state index is 14.0. The van der Waals surface area contributed by atoms with E-state index >= 15 is 0 Å². The number of urea groups is 1. The molecule has 0 bridgehead atoms. The molecule has 2 amide bonds. The van der Waals surface area contributed by atoms with Crippen molar-refractivity contribution in [3.05, 3.63) is 70.4 Å². The number of nitrogens with zero attached hydrogens (tertiary/aromatic N) is 4. The molecule has 4 aromatic rings. The Kier molecular flexibility index (Phi) is 7.63. The van der Waals surface area contributed by atoms with Crippen LogP contribution in [-0.2, 0) is 11.5 Å². The van der Waals surface area contributed by atoms with E-state index < -0.39 is 14.1 Å². The summed E-state index contributed by atoms with van der Waals surface area (Å²) >= 11 is 1.54. The van der Waals surface area contributed by atoms with Crippen molar-refractivity contribution in [2.75, 3.05) is 24.0 Å². The number of nitrogens with one attached hydrogen (secondary N) is 2. The van der Waals surface area contributed by atoms with Crippen LogP contribution in [0.1, 0.15) is 26.6 Å². The highest BCUT2D eigenvalue weighted by molar-refractivity contribution is 7.15. The summed E-state index contributed by atoms with van der Waals surface area (Å²) in [7, 11) is 0.508. The minimum Gasteiger partial charge on any atom is -0.360 e. The summed E-state index contributed by atoms with van der Waals surface area (Å²) in [6.07, 6.45) is 0. The van der Waals surface area contributed by atoms with Gasteiger partial charge < -0.3 is 10.1 Å². The Labute approximate surface area is 239 Å². The van der Waals surface area contributed by atoms with Gasteiger partial charge in [-0.3, -0.25) is 9.80 Å². The average Bonchev–Trinajstić information content (AvgIpc) is 3.52. The van der Waals surface area contributed by atoms with E-state index in [4.69, 9.17) is 9.84 Å². The normalized spacial score (nSPS) is 12.3. The van der Waals surface area contributed by atoms with Crippen LogP contribution in [0, 0.1) is 13.8 Å². The SMILES string of the molecule is Cc1nc(C)c(-c2c3c(nn2COCC[Si](C)(C)C)-c2cccc(NC(=O)NN(C)c4ccccc4)c2C3=O)s1. The number of carbonyl (C=O) groups is 2. The zero-order valence-corrected chi connectivity index (χ0v) is 25.5. The first-order chi connectivity index (χ1) is 19.0. The predicted molar refractivity (Wildman–Crippen MR) is 163 cm³/mol. The summed E-state index contributed by atoms with van der Waals surface area (Å²) in [5.74, 6) is -0.175. The van der Waals surface area contributed by atoms with Crippen LogP contribution in [0.5, 0.6) is 0 Å². The van der Waals surface area contributed by atoms with Gasteiger partial charge in [0.05, 0.1) is 43.8 Å². The van der Waals surface area contributed by atoms with Gasteiger partial charge in [-0.15, -0.1) is 11.3 Å². The second-order valence-corrected chi connectivity index (χ2v) is 17.9. The van der Waals surface area contributed by atoms with E-state index in [1.807, 2.05) is 56.3 Å². The third kappa shape index (κ3) is 5.58. The molecule has 1 aliphatic rings. The predicted octanol–water partition coefficient (Wildman–Crippen LogP) is 6.32. The Hall–Kier alpha value is -3.80. The fourth-order valence-electron chi connectivity index (χ4n) is 4.71. The standard InChI is InChI=1S/C29H34N6O3SSi/c1-18-28(39-19(2)30-18)26-24-25(32-35(26)17-38-15-16-40(4,5)6)21-13-10-14-22(23(21)27(24)36)31-29(37)33-34(3)20-11-8-7-9-12-20/h7-14H,15-17H2,1-6H3,(H2,31,33,37). The Balaban J connectivity index is 1.46. The van der Waals surface area contributed by atoms with Gasteiger partial charge in [0.1, 0.15) is 12.4 Å². The number of para-hydroxylation sites is 1. The number of ketones is 1. The summed E-state index contributed by atoms with van der Waals surface area (Å²) < 4.78 is 7.84. The third-order valence-corrected chi connectivity index (χ3v) is 9.50. The Bertz CT molecular complexity index is 1570. The van der Waals surface area contributed by atoms with Crippen molar-refractivity contribution in [2.45, 2.75) is 46.3 Å². The molecule has 0 saturated carbocycles. The molecule has 208 valence electrons. The lowest BCUT2D eigenvalue weighted by Gasteiger charge is -2.21. The Morgan fingerprint density at radius 1 is 1.07 bits per heavy atom. The first-order valence-corrected chi connectivity index (χ1v) is 17.7.